The molecule has 0 spiro atoms. The second kappa shape index (κ2) is 7.03. The van der Waals surface area contributed by atoms with Crippen molar-refractivity contribution in [3.8, 4) is 0 Å². The Kier molecular flexibility index (Phi) is 5.97. The standard InChI is InChI=1S/C14H24N2O2S/c1-4-11(2)12(3)16-19(17,18)14-7-5-13(6-8-14)9-10-15/h5-8,11-12,16H,4,9-10,15H2,1-3H3. The van der Waals surface area contributed by atoms with Crippen molar-refractivity contribution in [3.05, 3.63) is 29.8 Å². The summed E-state index contributed by atoms with van der Waals surface area (Å²) in [6.07, 6.45) is 1.70. The zero-order chi connectivity index (χ0) is 14.5. The lowest BCUT2D eigenvalue weighted by molar-refractivity contribution is 0.434. The van der Waals surface area contributed by atoms with Gasteiger partial charge in [-0.25, -0.2) is 13.1 Å². The molecule has 0 saturated heterocycles. The Bertz CT molecular complexity index is 483. The number of nitrogens with one attached hydrogen (secondary N) is 1. The maximum atomic E-state index is 12.2. The van der Waals surface area contributed by atoms with Crippen molar-refractivity contribution in [1.29, 1.82) is 0 Å². The molecule has 0 amide bonds. The Balaban J connectivity index is 2.82. The number of benzene rings is 1. The highest BCUT2D eigenvalue weighted by atomic mass is 32.2. The summed E-state index contributed by atoms with van der Waals surface area (Å²) in [4.78, 5) is 0.309. The molecule has 0 bridgehead atoms. The number of rotatable bonds is 7. The fourth-order valence-electron chi connectivity index (χ4n) is 1.78. The van der Waals surface area contributed by atoms with Crippen molar-refractivity contribution in [2.24, 2.45) is 11.7 Å². The highest BCUT2D eigenvalue weighted by molar-refractivity contribution is 7.89. The highest BCUT2D eigenvalue weighted by Gasteiger charge is 2.20. The smallest absolute Gasteiger partial charge is 0.240 e. The molecule has 0 radical (unpaired) electrons. The molecule has 0 fully saturated rings. The van der Waals surface area contributed by atoms with Crippen LogP contribution in [0, 0.1) is 5.92 Å². The van der Waals surface area contributed by atoms with Gasteiger partial charge >= 0.3 is 0 Å². The highest BCUT2D eigenvalue weighted by Crippen LogP contribution is 2.14. The zero-order valence-corrected chi connectivity index (χ0v) is 12.7. The van der Waals surface area contributed by atoms with Gasteiger partial charge in [0.15, 0.2) is 0 Å². The van der Waals surface area contributed by atoms with E-state index in [9.17, 15) is 8.42 Å². The Morgan fingerprint density at radius 2 is 1.79 bits per heavy atom. The maximum Gasteiger partial charge on any atom is 0.240 e. The first-order valence-corrected chi connectivity index (χ1v) is 8.20. The van der Waals surface area contributed by atoms with Crippen molar-refractivity contribution in [1.82, 2.24) is 4.72 Å². The summed E-state index contributed by atoms with van der Waals surface area (Å²) in [7, 11) is -3.43. The summed E-state index contributed by atoms with van der Waals surface area (Å²) in [6.45, 7) is 6.55. The largest absolute Gasteiger partial charge is 0.330 e. The zero-order valence-electron chi connectivity index (χ0n) is 11.9. The Hall–Kier alpha value is -0.910. The molecule has 0 aliphatic heterocycles. The van der Waals surface area contributed by atoms with Crippen LogP contribution in [0.5, 0.6) is 0 Å². The van der Waals surface area contributed by atoms with Crippen LogP contribution in [-0.2, 0) is 16.4 Å². The van der Waals surface area contributed by atoms with E-state index in [2.05, 4.69) is 11.6 Å². The van der Waals surface area contributed by atoms with Crippen molar-refractivity contribution in [2.45, 2.75) is 44.6 Å². The summed E-state index contributed by atoms with van der Waals surface area (Å²) in [5, 5.41) is 0. The molecule has 3 N–H and O–H groups in total. The van der Waals surface area contributed by atoms with E-state index in [-0.39, 0.29) is 6.04 Å². The number of sulfonamides is 1. The average Bonchev–Trinajstić information content (AvgIpc) is 2.38. The fourth-order valence-corrected chi connectivity index (χ4v) is 3.14. The Labute approximate surface area is 116 Å². The lowest BCUT2D eigenvalue weighted by Gasteiger charge is -2.19. The summed E-state index contributed by atoms with van der Waals surface area (Å²) >= 11 is 0. The van der Waals surface area contributed by atoms with Gasteiger partial charge in [0.05, 0.1) is 4.90 Å². The van der Waals surface area contributed by atoms with Crippen LogP contribution in [0.4, 0.5) is 0 Å². The fraction of sp³-hybridized carbons (Fsp3) is 0.571. The van der Waals surface area contributed by atoms with Gasteiger partial charge in [-0.15, -0.1) is 0 Å². The predicted octanol–water partition coefficient (Wildman–Crippen LogP) is 1.90. The quantitative estimate of drug-likeness (QED) is 0.803. The molecular weight excluding hydrogens is 260 g/mol. The molecule has 0 aliphatic carbocycles. The SMILES string of the molecule is CCC(C)C(C)NS(=O)(=O)c1ccc(CCN)cc1. The van der Waals surface area contributed by atoms with E-state index in [0.29, 0.717) is 17.4 Å². The molecule has 0 aromatic heterocycles. The van der Waals surface area contributed by atoms with E-state index in [1.165, 1.54) is 0 Å². The molecule has 19 heavy (non-hydrogen) atoms. The molecule has 1 rings (SSSR count). The van der Waals surface area contributed by atoms with Gasteiger partial charge in [-0.3, -0.25) is 0 Å². The van der Waals surface area contributed by atoms with Crippen LogP contribution in [0.15, 0.2) is 29.2 Å². The number of hydrogen-bond acceptors (Lipinski definition) is 3. The van der Waals surface area contributed by atoms with Gasteiger partial charge in [0.2, 0.25) is 10.0 Å². The molecule has 1 aromatic rings. The summed E-state index contributed by atoms with van der Waals surface area (Å²) in [5.74, 6) is 0.311. The van der Waals surface area contributed by atoms with Crippen molar-refractivity contribution in [3.63, 3.8) is 0 Å². The minimum atomic E-state index is -3.43. The molecule has 0 aliphatic rings. The molecule has 108 valence electrons. The van der Waals surface area contributed by atoms with E-state index >= 15 is 0 Å². The molecule has 4 nitrogen and oxygen atoms in total. The summed E-state index contributed by atoms with van der Waals surface area (Å²) in [5.41, 5.74) is 6.52. The van der Waals surface area contributed by atoms with E-state index in [1.807, 2.05) is 26.0 Å². The first-order valence-electron chi connectivity index (χ1n) is 6.72. The molecule has 5 heteroatoms. The van der Waals surface area contributed by atoms with Gasteiger partial charge in [0, 0.05) is 6.04 Å². The van der Waals surface area contributed by atoms with Crippen LogP contribution in [-0.4, -0.2) is 21.0 Å². The third-order valence-electron chi connectivity index (χ3n) is 3.51. The van der Waals surface area contributed by atoms with Crippen molar-refractivity contribution >= 4 is 10.0 Å². The van der Waals surface area contributed by atoms with Crippen LogP contribution in [0.1, 0.15) is 32.8 Å². The number of hydrogen-bond donors (Lipinski definition) is 2. The van der Waals surface area contributed by atoms with E-state index in [1.54, 1.807) is 12.1 Å². The van der Waals surface area contributed by atoms with Gasteiger partial charge in [0.1, 0.15) is 0 Å². The van der Waals surface area contributed by atoms with Gasteiger partial charge in [-0.1, -0.05) is 32.4 Å². The third kappa shape index (κ3) is 4.60. The summed E-state index contributed by atoms with van der Waals surface area (Å²) in [6, 6.07) is 6.83. The maximum absolute atomic E-state index is 12.2. The molecule has 1 aromatic carbocycles. The van der Waals surface area contributed by atoms with Crippen LogP contribution in [0.2, 0.25) is 0 Å². The number of nitrogens with two attached hydrogens (primary N) is 1. The lowest BCUT2D eigenvalue weighted by atomic mass is 10.0. The van der Waals surface area contributed by atoms with Gasteiger partial charge in [-0.2, -0.15) is 0 Å². The normalized spacial score (nSPS) is 15.2. The minimum Gasteiger partial charge on any atom is -0.330 e. The molecule has 0 heterocycles. The minimum absolute atomic E-state index is 0.0706. The first-order chi connectivity index (χ1) is 8.90. The first kappa shape index (κ1) is 16.1. The molecule has 2 unspecified atom stereocenters. The monoisotopic (exact) mass is 284 g/mol. The van der Waals surface area contributed by atoms with Gasteiger partial charge in [-0.05, 0) is 43.5 Å². The van der Waals surface area contributed by atoms with Crippen LogP contribution >= 0.6 is 0 Å². The predicted molar refractivity (Wildman–Crippen MR) is 78.4 cm³/mol. The molecular formula is C14H24N2O2S. The van der Waals surface area contributed by atoms with E-state index in [0.717, 1.165) is 18.4 Å². The average molecular weight is 284 g/mol. The van der Waals surface area contributed by atoms with Crippen molar-refractivity contribution < 1.29 is 8.42 Å². The topological polar surface area (TPSA) is 72.2 Å². The lowest BCUT2D eigenvalue weighted by Crippen LogP contribution is -2.36. The van der Waals surface area contributed by atoms with E-state index in [4.69, 9.17) is 5.73 Å². The second-order valence-corrected chi connectivity index (χ2v) is 6.69. The van der Waals surface area contributed by atoms with Crippen LogP contribution in [0.3, 0.4) is 0 Å². The third-order valence-corrected chi connectivity index (χ3v) is 5.08. The molecule has 2 atom stereocenters. The van der Waals surface area contributed by atoms with Crippen molar-refractivity contribution in [2.75, 3.05) is 6.54 Å². The summed E-state index contributed by atoms with van der Waals surface area (Å²) < 4.78 is 27.1. The Morgan fingerprint density at radius 1 is 1.21 bits per heavy atom. The van der Waals surface area contributed by atoms with Gasteiger partial charge in [0.25, 0.3) is 0 Å². The van der Waals surface area contributed by atoms with Crippen LogP contribution in [0.25, 0.3) is 0 Å². The van der Waals surface area contributed by atoms with Crippen LogP contribution < -0.4 is 10.5 Å². The Morgan fingerprint density at radius 3 is 2.26 bits per heavy atom. The second-order valence-electron chi connectivity index (χ2n) is 4.98. The molecule has 0 saturated carbocycles. The van der Waals surface area contributed by atoms with E-state index < -0.39 is 10.0 Å². The van der Waals surface area contributed by atoms with Gasteiger partial charge < -0.3 is 5.73 Å².